The van der Waals surface area contributed by atoms with Gasteiger partial charge < -0.3 is 39.4 Å². The molecule has 2 rings (SSSR count). The summed E-state index contributed by atoms with van der Waals surface area (Å²) in [5, 5.41) is 41.4. The van der Waals surface area contributed by atoms with Gasteiger partial charge in [-0.25, -0.2) is 4.79 Å². The van der Waals surface area contributed by atoms with Crippen molar-refractivity contribution in [3.8, 4) is 0 Å². The predicted octanol–water partition coefficient (Wildman–Crippen LogP) is -1.74. The molecule has 0 saturated carbocycles. The molecule has 0 aromatic heterocycles. The molecule has 3 N–H and O–H groups in total. The summed E-state index contributed by atoms with van der Waals surface area (Å²) in [7, 11) is 0. The van der Waals surface area contributed by atoms with Crippen molar-refractivity contribution in [1.29, 1.82) is 0 Å². The Hall–Kier alpha value is -0.520. The molecule has 0 radical (unpaired) electrons. The van der Waals surface area contributed by atoms with Gasteiger partial charge in [0.15, 0.2) is 0 Å². The summed E-state index contributed by atoms with van der Waals surface area (Å²) < 4.78 is 17.1. The van der Waals surface area contributed by atoms with E-state index in [2.05, 4.69) is 0 Å². The number of esters is 1. The number of rotatable bonds is 15. The molecule has 0 amide bonds. The van der Waals surface area contributed by atoms with Crippen molar-refractivity contribution in [2.45, 2.75) is 115 Å². The van der Waals surface area contributed by atoms with Crippen LogP contribution in [-0.4, -0.2) is 77.1 Å². The molecule has 0 aromatic carbocycles. The minimum Gasteiger partial charge on any atom is -0.550 e. The summed E-state index contributed by atoms with van der Waals surface area (Å²) in [6.07, 6.45) is 3.77. The van der Waals surface area contributed by atoms with E-state index < -0.39 is 48.6 Å². The summed E-state index contributed by atoms with van der Waals surface area (Å²) in [4.78, 5) is 22.5. The largest absolute Gasteiger partial charge is 1.00 e. The Bertz CT molecular complexity index is 699. The van der Waals surface area contributed by atoms with Crippen molar-refractivity contribution < 1.29 is 73.8 Å². The Balaban J connectivity index is 0.00000648. The second kappa shape index (κ2) is 17.1. The van der Waals surface area contributed by atoms with Crippen LogP contribution in [0.2, 0.25) is 0 Å². The average Bonchev–Trinajstić information content (AvgIpc) is 3.23. The number of aliphatic hydroxyl groups is 3. The molecule has 2 fully saturated rings. The average molecular weight is 523 g/mol. The molecule has 0 spiro atoms. The molecule has 2 aliphatic heterocycles. The molecule has 2 heterocycles. The van der Waals surface area contributed by atoms with Crippen LogP contribution in [0, 0.1) is 11.8 Å². The van der Waals surface area contributed by atoms with Crippen LogP contribution >= 0.6 is 0 Å². The summed E-state index contributed by atoms with van der Waals surface area (Å²) in [6.45, 7) is 5.94. The van der Waals surface area contributed by atoms with Crippen molar-refractivity contribution >= 4 is 11.9 Å². The molecule has 8 atom stereocenters. The minimum absolute atomic E-state index is 0. The number of fused-ring (bicyclic) bond motifs is 1. The van der Waals surface area contributed by atoms with E-state index in [1.165, 1.54) is 6.08 Å². The van der Waals surface area contributed by atoms with Gasteiger partial charge in [0, 0.05) is 23.9 Å². The van der Waals surface area contributed by atoms with E-state index in [4.69, 9.17) is 14.2 Å². The molecule has 9 nitrogen and oxygen atoms in total. The van der Waals surface area contributed by atoms with Crippen LogP contribution in [0.25, 0.3) is 0 Å². The maximum atomic E-state index is 12.1. The second-order valence-electron chi connectivity index (χ2n) is 10.2. The quantitative estimate of drug-likeness (QED) is 0.0988. The minimum atomic E-state index is -1.01. The van der Waals surface area contributed by atoms with E-state index in [-0.39, 0.29) is 47.8 Å². The van der Waals surface area contributed by atoms with E-state index in [0.29, 0.717) is 32.5 Å². The molecule has 2 aliphatic rings. The van der Waals surface area contributed by atoms with Gasteiger partial charge in [0.1, 0.15) is 6.10 Å². The van der Waals surface area contributed by atoms with Crippen LogP contribution in [0.4, 0.5) is 0 Å². The van der Waals surface area contributed by atoms with Gasteiger partial charge in [-0.15, -0.1) is 0 Å². The van der Waals surface area contributed by atoms with Crippen LogP contribution in [0.15, 0.2) is 11.6 Å². The van der Waals surface area contributed by atoms with Crippen molar-refractivity contribution in [2.24, 2.45) is 11.8 Å². The van der Waals surface area contributed by atoms with Crippen molar-refractivity contribution in [1.82, 2.24) is 0 Å². The Labute approximate surface area is 236 Å². The van der Waals surface area contributed by atoms with Gasteiger partial charge in [-0.05, 0) is 46.0 Å². The van der Waals surface area contributed by atoms with Gasteiger partial charge in [-0.1, -0.05) is 38.2 Å². The van der Waals surface area contributed by atoms with Crippen LogP contribution in [0.3, 0.4) is 0 Å². The van der Waals surface area contributed by atoms with Gasteiger partial charge in [0.2, 0.25) is 0 Å². The molecule has 0 aromatic rings. The number of aliphatic hydroxyl groups excluding tert-OH is 3. The maximum Gasteiger partial charge on any atom is 1.00 e. The van der Waals surface area contributed by atoms with Crippen molar-refractivity contribution in [3.63, 3.8) is 0 Å². The Morgan fingerprint density at radius 1 is 1.11 bits per heavy atom. The molecule has 202 valence electrons. The Morgan fingerprint density at radius 3 is 2.39 bits per heavy atom. The molecule has 2 saturated heterocycles. The third-order valence-electron chi connectivity index (χ3n) is 7.16. The number of carbonyl (C=O) groups excluding carboxylic acids is 2. The van der Waals surface area contributed by atoms with Gasteiger partial charge in [-0.2, -0.15) is 0 Å². The zero-order valence-corrected chi connectivity index (χ0v) is 24.3. The molecule has 1 unspecified atom stereocenters. The molecule has 0 aliphatic carbocycles. The molecule has 36 heavy (non-hydrogen) atoms. The number of carboxylic acid groups (broad SMARTS) is 1. The van der Waals surface area contributed by atoms with Gasteiger partial charge in [0.05, 0.1) is 43.7 Å². The first-order chi connectivity index (χ1) is 16.6. The van der Waals surface area contributed by atoms with Crippen LogP contribution in [0.5, 0.6) is 0 Å². The summed E-state index contributed by atoms with van der Waals surface area (Å²) in [6, 6.07) is 0. The zero-order chi connectivity index (χ0) is 26.0. The van der Waals surface area contributed by atoms with Gasteiger partial charge >= 0.3 is 35.5 Å². The number of hydrogen-bond acceptors (Lipinski definition) is 9. The van der Waals surface area contributed by atoms with E-state index in [0.717, 1.165) is 37.7 Å². The fourth-order valence-electron chi connectivity index (χ4n) is 4.77. The predicted molar refractivity (Wildman–Crippen MR) is 126 cm³/mol. The monoisotopic (exact) mass is 522 g/mol. The smallest absolute Gasteiger partial charge is 0.550 e. The van der Waals surface area contributed by atoms with Crippen LogP contribution in [-0.2, 0) is 23.8 Å². The van der Waals surface area contributed by atoms with E-state index in [9.17, 15) is 30.0 Å². The first-order valence-corrected chi connectivity index (χ1v) is 12.9. The van der Waals surface area contributed by atoms with E-state index in [1.807, 2.05) is 0 Å². The first-order valence-electron chi connectivity index (χ1n) is 12.9. The van der Waals surface area contributed by atoms with Crippen LogP contribution in [0.1, 0.15) is 78.6 Å². The summed E-state index contributed by atoms with van der Waals surface area (Å²) >= 11 is 0. The van der Waals surface area contributed by atoms with Gasteiger partial charge in [0.25, 0.3) is 0 Å². The third kappa shape index (κ3) is 11.1. The Kier molecular flexibility index (Phi) is 16.0. The van der Waals surface area contributed by atoms with E-state index >= 15 is 0 Å². The topological polar surface area (TPSA) is 146 Å². The van der Waals surface area contributed by atoms with E-state index in [1.54, 1.807) is 20.8 Å². The van der Waals surface area contributed by atoms with Crippen molar-refractivity contribution in [2.75, 3.05) is 13.2 Å². The summed E-state index contributed by atoms with van der Waals surface area (Å²) in [5.74, 6) is -1.79. The second-order valence-corrected chi connectivity index (χ2v) is 10.2. The third-order valence-corrected chi connectivity index (χ3v) is 7.16. The summed E-state index contributed by atoms with van der Waals surface area (Å²) in [5.41, 5.74) is 0.739. The number of aliphatic carboxylic acids is 1. The molecule has 10 heteroatoms. The Morgan fingerprint density at radius 2 is 1.75 bits per heavy atom. The fourth-order valence-corrected chi connectivity index (χ4v) is 4.77. The van der Waals surface area contributed by atoms with Crippen molar-refractivity contribution in [3.05, 3.63) is 11.6 Å². The normalized spacial score (nSPS) is 28.5. The molecular formula is C26H43NaO9. The number of ether oxygens (including phenoxy) is 3. The number of unbranched alkanes of at least 4 members (excludes halogenated alkanes) is 5. The molecular weight excluding hydrogens is 479 g/mol. The number of hydrogen-bond donors (Lipinski definition) is 3. The maximum absolute atomic E-state index is 12.1. The first kappa shape index (κ1) is 33.5. The molecule has 0 bridgehead atoms. The standard InChI is InChI=1S/C26H44O9.Na/c1-16(13-23(30)33-11-9-7-5-4-6-8-10-22(28)29)12-20-25(32)26-19(15-34-20)14-21(35-26)24(31)17(2)18(3)27;/h13,17-21,24-27,31-32H,4-12,14-15H2,1-3H3,(H,28,29);/q;+1/p-1/b16-13+;/t17-,18-,19-,20-,21-,24?,25-,26+;/m0./s1. The SMILES string of the molecule is C/C(=C\C(=O)OCCCCCCCCC(=O)[O-])C[C@@H]1OC[C@@H]2C[C@@H](C(O)[C@@H](C)[C@H](C)O)O[C@H]2[C@H]1O.[Na+]. The van der Waals surface area contributed by atoms with Gasteiger partial charge in [-0.3, -0.25) is 0 Å². The van der Waals surface area contributed by atoms with Crippen LogP contribution < -0.4 is 34.7 Å². The number of carbonyl (C=O) groups is 2. The number of carboxylic acids is 1. The fraction of sp³-hybridized carbons (Fsp3) is 0.846. The zero-order valence-electron chi connectivity index (χ0n) is 22.3.